The molecule has 0 aliphatic carbocycles. The van der Waals surface area contributed by atoms with E-state index in [9.17, 15) is 24.3 Å². The molecule has 43 heavy (non-hydrogen) atoms. The van der Waals surface area contributed by atoms with E-state index in [0.29, 0.717) is 41.1 Å². The van der Waals surface area contributed by atoms with Crippen LogP contribution in [0.2, 0.25) is 0 Å². The van der Waals surface area contributed by atoms with E-state index in [1.165, 1.54) is 19.2 Å². The fraction of sp³-hybridized carbons (Fsp3) is 0.310. The first-order valence-corrected chi connectivity index (χ1v) is 13.7. The molecule has 0 unspecified atom stereocenters. The Hall–Kier alpha value is -5.40. The minimum absolute atomic E-state index is 0.136. The van der Waals surface area contributed by atoms with Crippen LogP contribution < -0.4 is 26.4 Å². The van der Waals surface area contributed by atoms with Gasteiger partial charge in [-0.05, 0) is 44.0 Å². The van der Waals surface area contributed by atoms with Crippen molar-refractivity contribution in [2.45, 2.75) is 45.8 Å². The number of anilines is 1. The van der Waals surface area contributed by atoms with Gasteiger partial charge in [0.1, 0.15) is 23.0 Å². The molecular weight excluding hydrogens is 556 g/mol. The molecule has 1 atom stereocenters. The number of fused-ring (bicyclic) bond motifs is 1. The van der Waals surface area contributed by atoms with Crippen molar-refractivity contribution in [3.8, 4) is 5.75 Å². The van der Waals surface area contributed by atoms with Crippen LogP contribution in [-0.2, 0) is 24.3 Å². The Morgan fingerprint density at radius 3 is 2.51 bits per heavy atom. The predicted molar refractivity (Wildman–Crippen MR) is 158 cm³/mol. The number of rotatable bonds is 13. The number of urea groups is 1. The molecule has 2 aromatic heterocycles. The lowest BCUT2D eigenvalue weighted by Gasteiger charge is -2.16. The molecule has 0 spiro atoms. The van der Waals surface area contributed by atoms with Gasteiger partial charge in [0.25, 0.3) is 5.91 Å². The van der Waals surface area contributed by atoms with E-state index in [-0.39, 0.29) is 31.0 Å². The van der Waals surface area contributed by atoms with Crippen molar-refractivity contribution in [1.29, 1.82) is 0 Å². The minimum Gasteiger partial charge on any atom is -0.494 e. The van der Waals surface area contributed by atoms with Gasteiger partial charge in [-0.15, -0.1) is 0 Å². The first-order valence-electron chi connectivity index (χ1n) is 13.7. The average molecular weight is 591 g/mol. The third-order valence-corrected chi connectivity index (χ3v) is 6.70. The number of carboxylic acid groups (broad SMARTS) is 1. The Labute approximate surface area is 247 Å². The molecule has 0 fully saturated rings. The number of hydrogen-bond acceptors (Lipinski definition) is 7. The first-order chi connectivity index (χ1) is 20.6. The second-order valence-corrected chi connectivity index (χ2v) is 9.77. The van der Waals surface area contributed by atoms with E-state index in [2.05, 4.69) is 26.0 Å². The maximum absolute atomic E-state index is 13.2. The van der Waals surface area contributed by atoms with Crippen molar-refractivity contribution < 1.29 is 29.0 Å². The van der Waals surface area contributed by atoms with Crippen molar-refractivity contribution in [3.63, 3.8) is 0 Å². The predicted octanol–water partition coefficient (Wildman–Crippen LogP) is 2.31. The van der Waals surface area contributed by atoms with Crippen LogP contribution >= 0.6 is 0 Å². The van der Waals surface area contributed by atoms with E-state index in [1.54, 1.807) is 46.5 Å². The number of nitrogens with two attached hydrogens (primary N) is 1. The largest absolute Gasteiger partial charge is 0.494 e. The summed E-state index contributed by atoms with van der Waals surface area (Å²) >= 11 is 0. The summed E-state index contributed by atoms with van der Waals surface area (Å²) in [6.07, 6.45) is 0.516. The summed E-state index contributed by atoms with van der Waals surface area (Å²) in [5.74, 6) is -1.72. The molecule has 0 saturated heterocycles. The summed E-state index contributed by atoms with van der Waals surface area (Å²) in [5.41, 5.74) is 8.39. The summed E-state index contributed by atoms with van der Waals surface area (Å²) in [4.78, 5) is 53.9. The third-order valence-electron chi connectivity index (χ3n) is 6.70. The van der Waals surface area contributed by atoms with Gasteiger partial charge in [0.05, 0.1) is 18.3 Å². The summed E-state index contributed by atoms with van der Waals surface area (Å²) in [7, 11) is 1.44. The molecule has 14 nitrogen and oxygen atoms in total. The first kappa shape index (κ1) is 30.6. The minimum atomic E-state index is -1.15. The summed E-state index contributed by atoms with van der Waals surface area (Å²) < 4.78 is 8.82. The molecule has 0 saturated carbocycles. The van der Waals surface area contributed by atoms with E-state index >= 15 is 0 Å². The number of aromatic nitrogens is 4. The van der Waals surface area contributed by atoms with Gasteiger partial charge in [-0.2, -0.15) is 5.10 Å². The standard InChI is InChI=1S/C29H34N8O6/c1-4-37-22(13-17(2)35-37)26(39)34-28-32-20-15-19(25(30)38)16-23(43-3)24(20)36(28)12-8-11-31-29(42)33-21(27(40)41)14-18-9-6-5-7-10-18/h5-7,9-10,13,15-16,21H,4,8,11-12,14H2,1-3H3,(H2,30,38)(H,40,41)(H2,31,33,42)(H,32,34,39)/t21-/m0/s1. The van der Waals surface area contributed by atoms with Crippen LogP contribution in [0.5, 0.6) is 5.75 Å². The van der Waals surface area contributed by atoms with E-state index < -0.39 is 29.9 Å². The maximum Gasteiger partial charge on any atom is 0.326 e. The number of ether oxygens (including phenoxy) is 1. The SMILES string of the molecule is CCn1nc(C)cc1C(=O)Nc1nc2cc(C(N)=O)cc(OC)c2n1CCCNC(=O)N[C@@H](Cc1ccccc1)C(=O)O. The zero-order valence-electron chi connectivity index (χ0n) is 24.1. The molecule has 0 aliphatic rings. The van der Waals surface area contributed by atoms with Gasteiger partial charge in [-0.25, -0.2) is 14.6 Å². The van der Waals surface area contributed by atoms with Gasteiger partial charge >= 0.3 is 12.0 Å². The number of nitrogens with one attached hydrogen (secondary N) is 3. The Morgan fingerprint density at radius 1 is 1.12 bits per heavy atom. The highest BCUT2D eigenvalue weighted by atomic mass is 16.5. The topological polar surface area (TPSA) is 195 Å². The molecular formula is C29H34N8O6. The molecule has 4 amide bonds. The molecule has 2 heterocycles. The summed E-state index contributed by atoms with van der Waals surface area (Å²) in [6, 6.07) is 12.0. The highest BCUT2D eigenvalue weighted by Crippen LogP contribution is 2.31. The van der Waals surface area contributed by atoms with Crippen LogP contribution in [0.4, 0.5) is 10.7 Å². The molecule has 4 aromatic rings. The quantitative estimate of drug-likeness (QED) is 0.146. The molecule has 0 aliphatic heterocycles. The summed E-state index contributed by atoms with van der Waals surface area (Å²) in [5, 5.41) is 21.9. The monoisotopic (exact) mass is 590 g/mol. The van der Waals surface area contributed by atoms with Crippen molar-refractivity contribution >= 4 is 40.8 Å². The van der Waals surface area contributed by atoms with Gasteiger partial charge in [0.2, 0.25) is 11.9 Å². The number of aryl methyl sites for hydroxylation is 3. The lowest BCUT2D eigenvalue weighted by atomic mass is 10.1. The highest BCUT2D eigenvalue weighted by Gasteiger charge is 2.22. The number of carbonyl (C=O) groups is 4. The maximum atomic E-state index is 13.2. The summed E-state index contributed by atoms with van der Waals surface area (Å²) in [6.45, 7) is 4.61. The van der Waals surface area contributed by atoms with Gasteiger partial charge in [-0.1, -0.05) is 30.3 Å². The number of benzene rings is 2. The fourth-order valence-corrected chi connectivity index (χ4v) is 4.67. The van der Waals surface area contributed by atoms with Crippen molar-refractivity contribution in [3.05, 3.63) is 71.0 Å². The van der Waals surface area contributed by atoms with Gasteiger partial charge in [-0.3, -0.25) is 19.6 Å². The van der Waals surface area contributed by atoms with Crippen LogP contribution in [-0.4, -0.2) is 67.9 Å². The van der Waals surface area contributed by atoms with Crippen LogP contribution in [0.15, 0.2) is 48.5 Å². The lowest BCUT2D eigenvalue weighted by Crippen LogP contribution is -2.47. The normalized spacial score (nSPS) is 11.6. The Kier molecular flexibility index (Phi) is 9.60. The van der Waals surface area contributed by atoms with E-state index in [1.807, 2.05) is 13.0 Å². The number of amides is 4. The number of hydrogen-bond donors (Lipinski definition) is 5. The number of nitrogens with zero attached hydrogens (tertiary/aromatic N) is 4. The Balaban J connectivity index is 1.51. The van der Waals surface area contributed by atoms with E-state index in [0.717, 1.165) is 5.56 Å². The smallest absolute Gasteiger partial charge is 0.326 e. The Bertz CT molecular complexity index is 1650. The van der Waals surface area contributed by atoms with Crippen LogP contribution in [0, 0.1) is 6.92 Å². The zero-order chi connectivity index (χ0) is 31.1. The third kappa shape index (κ3) is 7.28. The molecule has 226 valence electrons. The van der Waals surface area contributed by atoms with Crippen molar-refractivity contribution in [1.82, 2.24) is 30.0 Å². The molecule has 4 rings (SSSR count). The molecule has 6 N–H and O–H groups in total. The van der Waals surface area contributed by atoms with Crippen LogP contribution in [0.25, 0.3) is 11.0 Å². The number of carbonyl (C=O) groups excluding carboxylic acids is 3. The van der Waals surface area contributed by atoms with E-state index in [4.69, 9.17) is 10.5 Å². The molecule has 0 bridgehead atoms. The second kappa shape index (κ2) is 13.5. The zero-order valence-corrected chi connectivity index (χ0v) is 24.1. The Morgan fingerprint density at radius 2 is 1.86 bits per heavy atom. The van der Waals surface area contributed by atoms with Gasteiger partial charge in [0.15, 0.2) is 0 Å². The number of methoxy groups -OCH3 is 1. The van der Waals surface area contributed by atoms with Gasteiger partial charge in [0, 0.05) is 31.6 Å². The molecule has 0 radical (unpaired) electrons. The fourth-order valence-electron chi connectivity index (χ4n) is 4.67. The second-order valence-electron chi connectivity index (χ2n) is 9.77. The highest BCUT2D eigenvalue weighted by molar-refractivity contribution is 6.04. The van der Waals surface area contributed by atoms with Gasteiger partial charge < -0.3 is 30.8 Å². The number of carboxylic acids is 1. The number of aliphatic carboxylic acids is 1. The van der Waals surface area contributed by atoms with Crippen LogP contribution in [0.1, 0.15) is 45.4 Å². The average Bonchev–Trinajstić information content (AvgIpc) is 3.54. The lowest BCUT2D eigenvalue weighted by molar-refractivity contribution is -0.139. The number of imidazole rings is 1. The van der Waals surface area contributed by atoms with Crippen molar-refractivity contribution in [2.24, 2.45) is 5.73 Å². The van der Waals surface area contributed by atoms with Crippen molar-refractivity contribution in [2.75, 3.05) is 19.0 Å². The van der Waals surface area contributed by atoms with Crippen LogP contribution in [0.3, 0.4) is 0 Å². The molecule has 14 heteroatoms. The number of primary amides is 1. The molecule has 2 aromatic carbocycles.